The molecule has 2 atom stereocenters. The Morgan fingerprint density at radius 1 is 0.644 bits per heavy atom. The summed E-state index contributed by atoms with van der Waals surface area (Å²) in [6.45, 7) is 0. The number of nitrogens with zero attached hydrogens (tertiary/aromatic N) is 4. The molecular formula is C39H26N4O2+2. The van der Waals surface area contributed by atoms with Crippen LogP contribution in [0.2, 0.25) is 0 Å². The summed E-state index contributed by atoms with van der Waals surface area (Å²) in [7, 11) is 2.10. The van der Waals surface area contributed by atoms with E-state index in [1.54, 1.807) is 0 Å². The Hall–Kier alpha value is -5.88. The van der Waals surface area contributed by atoms with Crippen LogP contribution >= 0.6 is 0 Å². The smallest absolute Gasteiger partial charge is 0.401 e. The first-order valence-corrected chi connectivity index (χ1v) is 15.4. The third-order valence-electron chi connectivity index (χ3n) is 10.1. The minimum Gasteiger partial charge on any atom is -0.456 e. The molecule has 0 N–H and O–H groups in total. The van der Waals surface area contributed by atoms with Gasteiger partial charge in [0.1, 0.15) is 28.3 Å². The van der Waals surface area contributed by atoms with Gasteiger partial charge in [0.25, 0.3) is 12.0 Å². The number of fused-ring (bicyclic) bond motifs is 7. The van der Waals surface area contributed by atoms with Crippen LogP contribution in [0.4, 0.5) is 5.69 Å². The zero-order valence-corrected chi connectivity index (χ0v) is 24.4. The van der Waals surface area contributed by atoms with Crippen molar-refractivity contribution in [1.82, 2.24) is 4.57 Å². The molecule has 0 radical (unpaired) electrons. The highest BCUT2D eigenvalue weighted by Crippen LogP contribution is 2.61. The van der Waals surface area contributed by atoms with E-state index in [1.807, 2.05) is 6.07 Å². The lowest BCUT2D eigenvalue weighted by atomic mass is 9.77. The second kappa shape index (κ2) is 7.98. The van der Waals surface area contributed by atoms with Crippen LogP contribution in [-0.2, 0) is 10.3 Å². The molecule has 6 nitrogen and oxygen atoms in total. The van der Waals surface area contributed by atoms with Crippen molar-refractivity contribution in [3.63, 3.8) is 0 Å². The number of hydrazone groups is 1. The SMILES string of the molecule is C[N+]1=C(c2ccc(-c3ccccc3)cc2)OC2N1c1cccc3c1C21c2c(ccc4c5ccccc5n(c24)-c2cccc[n+]21)O3. The highest BCUT2D eigenvalue weighted by atomic mass is 16.5. The van der Waals surface area contributed by atoms with E-state index in [-0.39, 0.29) is 6.23 Å². The van der Waals surface area contributed by atoms with Crippen molar-refractivity contribution in [1.29, 1.82) is 0 Å². The Morgan fingerprint density at radius 2 is 1.40 bits per heavy atom. The fourth-order valence-electron chi connectivity index (χ4n) is 8.40. The molecule has 11 rings (SSSR count). The molecule has 0 aliphatic carbocycles. The second-order valence-electron chi connectivity index (χ2n) is 12.2. The minimum atomic E-state index is -0.694. The molecule has 0 amide bonds. The molecule has 0 fully saturated rings. The van der Waals surface area contributed by atoms with Gasteiger partial charge in [-0.2, -0.15) is 4.57 Å². The summed E-state index contributed by atoms with van der Waals surface area (Å²) in [5.41, 5.74) is 8.44. The van der Waals surface area contributed by atoms with Gasteiger partial charge in [-0.1, -0.05) is 71.4 Å². The fourth-order valence-corrected chi connectivity index (χ4v) is 8.40. The predicted octanol–water partition coefficient (Wildman–Crippen LogP) is 7.13. The molecule has 6 heteroatoms. The van der Waals surface area contributed by atoms with Crippen LogP contribution in [0.5, 0.6) is 11.5 Å². The molecule has 0 saturated carbocycles. The normalized spacial score (nSPS) is 19.8. The van der Waals surface area contributed by atoms with Gasteiger partial charge >= 0.3 is 5.90 Å². The van der Waals surface area contributed by atoms with Gasteiger partial charge in [-0.05, 0) is 65.7 Å². The molecular weight excluding hydrogens is 556 g/mol. The number of hydrazine groups is 1. The number of para-hydroxylation sites is 1. The first-order valence-electron chi connectivity index (χ1n) is 15.4. The number of hydrogen-bond acceptors (Lipinski definition) is 3. The monoisotopic (exact) mass is 582 g/mol. The van der Waals surface area contributed by atoms with Gasteiger partial charge in [-0.15, -0.1) is 5.01 Å². The first kappa shape index (κ1) is 23.6. The van der Waals surface area contributed by atoms with Crippen molar-refractivity contribution in [2.45, 2.75) is 11.8 Å². The van der Waals surface area contributed by atoms with Gasteiger partial charge in [0.05, 0.1) is 17.3 Å². The number of aromatic nitrogens is 2. The van der Waals surface area contributed by atoms with Gasteiger partial charge < -0.3 is 9.47 Å². The summed E-state index contributed by atoms with van der Waals surface area (Å²) in [6, 6.07) is 45.1. The lowest BCUT2D eigenvalue weighted by Crippen LogP contribution is -2.68. The average Bonchev–Trinajstić information content (AvgIpc) is 3.72. The van der Waals surface area contributed by atoms with Crippen LogP contribution in [0.3, 0.4) is 0 Å². The van der Waals surface area contributed by atoms with Crippen molar-refractivity contribution in [3.8, 4) is 28.4 Å². The van der Waals surface area contributed by atoms with Gasteiger partial charge in [0.15, 0.2) is 12.6 Å². The van der Waals surface area contributed by atoms with E-state index < -0.39 is 5.54 Å². The van der Waals surface area contributed by atoms with Crippen molar-refractivity contribution in [2.75, 3.05) is 12.1 Å². The molecule has 212 valence electrons. The van der Waals surface area contributed by atoms with Crippen LogP contribution in [0, 0.1) is 0 Å². The van der Waals surface area contributed by atoms with Crippen molar-refractivity contribution in [3.05, 3.63) is 150 Å². The number of hydrogen-bond donors (Lipinski definition) is 0. The van der Waals surface area contributed by atoms with E-state index in [9.17, 15) is 0 Å². The van der Waals surface area contributed by atoms with E-state index in [4.69, 9.17) is 9.47 Å². The van der Waals surface area contributed by atoms with Crippen LogP contribution in [0.15, 0.2) is 134 Å². The maximum atomic E-state index is 7.25. The number of rotatable bonds is 2. The predicted molar refractivity (Wildman–Crippen MR) is 173 cm³/mol. The molecule has 4 aliphatic heterocycles. The molecule has 2 aromatic heterocycles. The lowest BCUT2D eigenvalue weighted by molar-refractivity contribution is -0.747. The maximum Gasteiger partial charge on any atom is 0.401 e. The Bertz CT molecular complexity index is 2460. The largest absolute Gasteiger partial charge is 0.456 e. The zero-order valence-electron chi connectivity index (χ0n) is 24.4. The number of anilines is 1. The van der Waals surface area contributed by atoms with E-state index in [1.165, 1.54) is 32.9 Å². The Kier molecular flexibility index (Phi) is 4.18. The summed E-state index contributed by atoms with van der Waals surface area (Å²) in [4.78, 5) is 0. The van der Waals surface area contributed by atoms with Crippen LogP contribution < -0.4 is 14.3 Å². The Balaban J connectivity index is 1.20. The quantitative estimate of drug-likeness (QED) is 0.204. The summed E-state index contributed by atoms with van der Waals surface area (Å²) in [5.74, 6) is 3.66. The summed E-state index contributed by atoms with van der Waals surface area (Å²) in [6.07, 6.45) is 1.83. The highest BCUT2D eigenvalue weighted by Gasteiger charge is 2.72. The molecule has 0 bridgehead atoms. The van der Waals surface area contributed by atoms with E-state index in [0.29, 0.717) is 0 Å². The standard InChI is InChI=1S/C39H26N4O2/c1-40-37(26-19-17-25(18-20-26)24-10-3-2-4-11-24)45-38-39-34-30(43(38)40)14-9-15-31(34)44-32-22-21-28-27-12-5-6-13-29(27)42(36(28)35(32)39)33-16-7-8-23-41(33)39/h2-23,38H,1H3/q+2. The first-order chi connectivity index (χ1) is 22.2. The third kappa shape index (κ3) is 2.65. The molecule has 0 saturated heterocycles. The summed E-state index contributed by atoms with van der Waals surface area (Å²) < 4.78 is 21.0. The summed E-state index contributed by atoms with van der Waals surface area (Å²) >= 11 is 0. The third-order valence-corrected chi connectivity index (χ3v) is 10.1. The van der Waals surface area contributed by atoms with Crippen LogP contribution in [-0.4, -0.2) is 28.4 Å². The Labute approximate surface area is 258 Å². The van der Waals surface area contributed by atoms with Crippen molar-refractivity contribution >= 4 is 33.4 Å². The van der Waals surface area contributed by atoms with Gasteiger partial charge in [0, 0.05) is 16.8 Å². The van der Waals surface area contributed by atoms with E-state index in [2.05, 4.69) is 153 Å². The van der Waals surface area contributed by atoms with Gasteiger partial charge in [-0.3, -0.25) is 0 Å². The van der Waals surface area contributed by atoms with Gasteiger partial charge in [-0.25, -0.2) is 4.57 Å². The minimum absolute atomic E-state index is 0.381. The van der Waals surface area contributed by atoms with Crippen LogP contribution in [0.25, 0.3) is 38.8 Å². The molecule has 1 spiro atoms. The Morgan fingerprint density at radius 3 is 2.29 bits per heavy atom. The van der Waals surface area contributed by atoms with Crippen LogP contribution in [0.1, 0.15) is 16.7 Å². The molecule has 4 aliphatic rings. The fraction of sp³-hybridized carbons (Fsp3) is 0.0769. The molecule has 2 unspecified atom stereocenters. The second-order valence-corrected chi connectivity index (χ2v) is 12.2. The van der Waals surface area contributed by atoms with E-state index in [0.717, 1.165) is 45.6 Å². The maximum absolute atomic E-state index is 7.25. The van der Waals surface area contributed by atoms with Gasteiger partial charge in [0.2, 0.25) is 5.54 Å². The average molecular weight is 583 g/mol. The zero-order chi connectivity index (χ0) is 29.4. The van der Waals surface area contributed by atoms with E-state index >= 15 is 0 Å². The lowest BCUT2D eigenvalue weighted by Gasteiger charge is -2.39. The van der Waals surface area contributed by atoms with Crippen molar-refractivity contribution in [2.24, 2.45) is 0 Å². The topological polar surface area (TPSA) is 33.5 Å². The molecule has 7 aromatic rings. The highest BCUT2D eigenvalue weighted by molar-refractivity contribution is 6.12. The number of ether oxygens (including phenoxy) is 2. The molecule has 5 aromatic carbocycles. The number of pyridine rings is 1. The molecule has 45 heavy (non-hydrogen) atoms. The number of benzene rings is 5. The molecule has 6 heterocycles. The summed E-state index contributed by atoms with van der Waals surface area (Å²) in [5, 5.41) is 4.76. The van der Waals surface area contributed by atoms with Crippen molar-refractivity contribution < 1.29 is 18.7 Å².